The summed E-state index contributed by atoms with van der Waals surface area (Å²) in [5, 5.41) is 22.8. The van der Waals surface area contributed by atoms with Gasteiger partial charge >= 0.3 is 12.1 Å². The molecule has 0 saturated heterocycles. The molecule has 0 spiro atoms. The third-order valence-electron chi connectivity index (χ3n) is 6.95. The first-order valence-corrected chi connectivity index (χ1v) is 15.7. The van der Waals surface area contributed by atoms with E-state index in [1.54, 1.807) is 20.8 Å². The van der Waals surface area contributed by atoms with Gasteiger partial charge in [0.2, 0.25) is 8.32 Å². The summed E-state index contributed by atoms with van der Waals surface area (Å²) in [6, 6.07) is -0.985. The van der Waals surface area contributed by atoms with Crippen molar-refractivity contribution in [2.75, 3.05) is 0 Å². The van der Waals surface area contributed by atoms with E-state index in [1.807, 2.05) is 6.92 Å². The average molecular weight is 518 g/mol. The largest absolute Gasteiger partial charge is 0.480 e. The predicted octanol–water partition coefficient (Wildman–Crippen LogP) is 6.88. The second-order valence-corrected chi connectivity index (χ2v) is 17.4. The van der Waals surface area contributed by atoms with Crippen molar-refractivity contribution in [3.63, 3.8) is 0 Å². The number of carbonyl (C=O) groups is 2. The van der Waals surface area contributed by atoms with Crippen LogP contribution < -0.4 is 5.32 Å². The zero-order valence-corrected chi connectivity index (χ0v) is 25.3. The Balaban J connectivity index is 5.35. The highest BCUT2D eigenvalue weighted by atomic mass is 28.4. The van der Waals surface area contributed by atoms with E-state index in [0.717, 1.165) is 25.7 Å². The Hall–Kier alpha value is -1.12. The maximum atomic E-state index is 12.0. The summed E-state index contributed by atoms with van der Waals surface area (Å²) in [6.45, 7) is 22.7. The molecule has 7 nitrogen and oxygen atoms in total. The smallest absolute Gasteiger partial charge is 0.408 e. The third kappa shape index (κ3) is 11.2. The molecule has 0 rings (SSSR count). The van der Waals surface area contributed by atoms with Gasteiger partial charge in [-0.25, -0.2) is 9.59 Å². The lowest BCUT2D eigenvalue weighted by Gasteiger charge is -2.47. The summed E-state index contributed by atoms with van der Waals surface area (Å²) in [4.78, 5) is 23.7. The molecule has 0 aromatic rings. The molecule has 35 heavy (non-hydrogen) atoms. The molecule has 0 radical (unpaired) electrons. The summed E-state index contributed by atoms with van der Waals surface area (Å²) in [5.74, 6) is -0.863. The van der Waals surface area contributed by atoms with Gasteiger partial charge in [0.15, 0.2) is 0 Å². The van der Waals surface area contributed by atoms with Crippen molar-refractivity contribution in [2.45, 2.75) is 155 Å². The van der Waals surface area contributed by atoms with E-state index < -0.39 is 38.1 Å². The third-order valence-corrected chi connectivity index (χ3v) is 13.0. The van der Waals surface area contributed by atoms with Gasteiger partial charge in [0.05, 0.1) is 12.2 Å². The fourth-order valence-electron chi connectivity index (χ4n) is 5.54. The summed E-state index contributed by atoms with van der Waals surface area (Å²) in [7, 11) is -2.16. The van der Waals surface area contributed by atoms with Crippen LogP contribution in [-0.4, -0.2) is 54.4 Å². The van der Waals surface area contributed by atoms with Gasteiger partial charge in [-0.05, 0) is 69.5 Å². The molecule has 1 unspecified atom stereocenters. The average Bonchev–Trinajstić information content (AvgIpc) is 2.67. The molecule has 4 atom stereocenters. The van der Waals surface area contributed by atoms with E-state index in [0.29, 0.717) is 29.5 Å². The fourth-order valence-corrected chi connectivity index (χ4v) is 11.2. The number of hydrogen-bond acceptors (Lipinski definition) is 5. The van der Waals surface area contributed by atoms with Crippen LogP contribution in [-0.2, 0) is 14.0 Å². The van der Waals surface area contributed by atoms with Crippen LogP contribution in [0, 0.1) is 5.92 Å². The van der Waals surface area contributed by atoms with Crippen molar-refractivity contribution >= 4 is 20.4 Å². The minimum absolute atomic E-state index is 0.199. The monoisotopic (exact) mass is 517 g/mol. The van der Waals surface area contributed by atoms with Gasteiger partial charge in [-0.2, -0.15) is 0 Å². The van der Waals surface area contributed by atoms with Crippen molar-refractivity contribution in [2.24, 2.45) is 5.92 Å². The molecule has 0 aliphatic heterocycles. The molecule has 1 amide bonds. The van der Waals surface area contributed by atoms with Gasteiger partial charge in [0.25, 0.3) is 0 Å². The normalized spacial score (nSPS) is 16.3. The number of aliphatic hydroxyl groups is 1. The number of ether oxygens (including phenoxy) is 1. The van der Waals surface area contributed by atoms with Crippen LogP contribution in [0.25, 0.3) is 0 Å². The van der Waals surface area contributed by atoms with E-state index >= 15 is 0 Å². The number of aliphatic hydroxyl groups excluding tert-OH is 1. The van der Waals surface area contributed by atoms with Crippen LogP contribution >= 0.6 is 0 Å². The first-order chi connectivity index (χ1) is 16.0. The molecule has 0 saturated carbocycles. The van der Waals surface area contributed by atoms with Crippen LogP contribution in [0.4, 0.5) is 4.79 Å². The molecule has 0 aromatic heterocycles. The Morgan fingerprint density at radius 2 is 1.37 bits per heavy atom. The standard InChI is InChI=1S/C27H55NO6Si/c1-12-15-22(24(21(8)29)34-35(18(2)3,19(4)5)20(6)7)16-13-14-17-23(25(30)31)28-26(32)33-27(9,10)11/h18-24,29H,12-17H2,1-11H3,(H,28,32)(H,30,31)/t21-,22-,23?,24-/m0/s1. The van der Waals surface area contributed by atoms with Gasteiger partial charge < -0.3 is 24.7 Å². The lowest BCUT2D eigenvalue weighted by atomic mass is 9.88. The maximum Gasteiger partial charge on any atom is 0.408 e. The molecule has 0 fully saturated rings. The maximum absolute atomic E-state index is 12.0. The molecule has 0 aliphatic carbocycles. The quantitative estimate of drug-likeness (QED) is 0.152. The molecule has 0 bridgehead atoms. The van der Waals surface area contributed by atoms with Crippen LogP contribution in [0.5, 0.6) is 0 Å². The van der Waals surface area contributed by atoms with Crippen LogP contribution in [0.2, 0.25) is 16.6 Å². The second-order valence-electron chi connectivity index (χ2n) is 12.0. The van der Waals surface area contributed by atoms with Gasteiger partial charge in [0.1, 0.15) is 11.6 Å². The van der Waals surface area contributed by atoms with Crippen molar-refractivity contribution in [3.05, 3.63) is 0 Å². The highest BCUT2D eigenvalue weighted by Gasteiger charge is 2.48. The Morgan fingerprint density at radius 3 is 1.74 bits per heavy atom. The number of hydrogen-bond donors (Lipinski definition) is 3. The van der Waals surface area contributed by atoms with E-state index in [-0.39, 0.29) is 12.0 Å². The number of aliphatic carboxylic acids is 1. The predicted molar refractivity (Wildman–Crippen MR) is 145 cm³/mol. The Bertz CT molecular complexity index is 608. The zero-order chi connectivity index (χ0) is 27.6. The highest BCUT2D eigenvalue weighted by Crippen LogP contribution is 2.44. The number of unbranched alkanes of at least 4 members (excludes halogenated alkanes) is 1. The van der Waals surface area contributed by atoms with Gasteiger partial charge in [-0.1, -0.05) is 67.7 Å². The Morgan fingerprint density at radius 1 is 0.886 bits per heavy atom. The lowest BCUT2D eigenvalue weighted by molar-refractivity contribution is -0.139. The molecule has 208 valence electrons. The molecule has 8 heteroatoms. The molecule has 0 heterocycles. The number of nitrogens with one attached hydrogen (secondary N) is 1. The van der Waals surface area contributed by atoms with Crippen LogP contribution in [0.1, 0.15) is 115 Å². The molecule has 0 aliphatic rings. The van der Waals surface area contributed by atoms with E-state index in [1.165, 1.54) is 0 Å². The van der Waals surface area contributed by atoms with Crippen LogP contribution in [0.15, 0.2) is 0 Å². The van der Waals surface area contributed by atoms with Gasteiger partial charge in [-0.3, -0.25) is 0 Å². The van der Waals surface area contributed by atoms with E-state index in [4.69, 9.17) is 9.16 Å². The Kier molecular flexibility index (Phi) is 14.7. The minimum Gasteiger partial charge on any atom is -0.480 e. The van der Waals surface area contributed by atoms with Crippen molar-refractivity contribution < 1.29 is 29.0 Å². The van der Waals surface area contributed by atoms with Crippen molar-refractivity contribution in [1.29, 1.82) is 0 Å². The van der Waals surface area contributed by atoms with Crippen molar-refractivity contribution in [3.8, 4) is 0 Å². The number of carboxylic acid groups (broad SMARTS) is 1. The Labute approximate surface area is 215 Å². The molecule has 0 aromatic carbocycles. The summed E-state index contributed by atoms with van der Waals surface area (Å²) >= 11 is 0. The van der Waals surface area contributed by atoms with Crippen LogP contribution in [0.3, 0.4) is 0 Å². The first kappa shape index (κ1) is 33.9. The van der Waals surface area contributed by atoms with Crippen molar-refractivity contribution in [1.82, 2.24) is 5.32 Å². The molecular weight excluding hydrogens is 462 g/mol. The lowest BCUT2D eigenvalue weighted by Crippen LogP contribution is -2.53. The molecular formula is C27H55NO6Si. The number of carbonyl (C=O) groups excluding carboxylic acids is 1. The van der Waals surface area contributed by atoms with E-state index in [9.17, 15) is 19.8 Å². The summed E-state index contributed by atoms with van der Waals surface area (Å²) < 4.78 is 12.2. The topological polar surface area (TPSA) is 105 Å². The first-order valence-electron chi connectivity index (χ1n) is 13.6. The SMILES string of the molecule is CCC[C@@H](CCCCC(NC(=O)OC(C)(C)C)C(=O)O)[C@@H](O[Si](C(C)C)(C(C)C)C(C)C)[C@H](C)O. The minimum atomic E-state index is -2.16. The summed E-state index contributed by atoms with van der Waals surface area (Å²) in [5.41, 5.74) is 0.612. The second kappa shape index (κ2) is 15.2. The zero-order valence-electron chi connectivity index (χ0n) is 24.3. The number of carboxylic acids is 1. The number of alkyl carbamates (subject to hydrolysis) is 1. The highest BCUT2D eigenvalue weighted by molar-refractivity contribution is 6.77. The fraction of sp³-hybridized carbons (Fsp3) is 0.926. The molecule has 3 N–H and O–H groups in total. The van der Waals surface area contributed by atoms with Gasteiger partial charge in [0, 0.05) is 0 Å². The summed E-state index contributed by atoms with van der Waals surface area (Å²) in [6.07, 6.45) is 3.06. The van der Waals surface area contributed by atoms with E-state index in [2.05, 4.69) is 53.8 Å². The van der Waals surface area contributed by atoms with Gasteiger partial charge in [-0.15, -0.1) is 0 Å². The number of rotatable bonds is 16. The number of amides is 1.